The molecule has 7 heteroatoms. The molecular weight excluding hydrogens is 310 g/mol. The smallest absolute Gasteiger partial charge is 0.226 e. The van der Waals surface area contributed by atoms with Gasteiger partial charge >= 0.3 is 0 Å². The number of nitrogens with zero attached hydrogens (tertiary/aromatic N) is 4. The normalized spacial score (nSPS) is 26.6. The Morgan fingerprint density at radius 3 is 2.70 bits per heavy atom. The van der Waals surface area contributed by atoms with E-state index in [1.165, 1.54) is 24.4 Å². The van der Waals surface area contributed by atoms with Crippen LogP contribution in [0.2, 0.25) is 0 Å². The van der Waals surface area contributed by atoms with Gasteiger partial charge in [-0.1, -0.05) is 6.92 Å². The van der Waals surface area contributed by atoms with Gasteiger partial charge in [0.2, 0.25) is 11.0 Å². The molecule has 3 aliphatic rings. The minimum atomic E-state index is 0.296. The summed E-state index contributed by atoms with van der Waals surface area (Å²) in [7, 11) is 0. The molecule has 1 spiro atoms. The van der Waals surface area contributed by atoms with Gasteiger partial charge in [0, 0.05) is 50.1 Å². The largest absolute Gasteiger partial charge is 0.343 e. The van der Waals surface area contributed by atoms with Crippen LogP contribution in [0.1, 0.15) is 32.0 Å². The monoisotopic (exact) mass is 335 g/mol. The van der Waals surface area contributed by atoms with E-state index < -0.39 is 0 Å². The second-order valence-corrected chi connectivity index (χ2v) is 7.76. The Balaban J connectivity index is 1.32. The van der Waals surface area contributed by atoms with Crippen molar-refractivity contribution in [3.63, 3.8) is 0 Å². The van der Waals surface area contributed by atoms with Gasteiger partial charge in [-0.05, 0) is 37.8 Å². The molecule has 2 aliphatic heterocycles. The van der Waals surface area contributed by atoms with E-state index in [0.29, 0.717) is 17.2 Å². The molecule has 126 valence electrons. The van der Waals surface area contributed by atoms with Gasteiger partial charge in [0.25, 0.3) is 0 Å². The Kier molecular flexibility index (Phi) is 4.01. The Morgan fingerprint density at radius 1 is 1.30 bits per heavy atom. The first-order valence-corrected chi connectivity index (χ1v) is 9.56. The number of carbonyl (C=O) groups excluding carboxylic acids is 1. The molecule has 3 fully saturated rings. The van der Waals surface area contributed by atoms with Crippen molar-refractivity contribution in [1.29, 1.82) is 0 Å². The fourth-order valence-corrected chi connectivity index (χ4v) is 4.83. The summed E-state index contributed by atoms with van der Waals surface area (Å²) in [5, 5.41) is 4.42. The van der Waals surface area contributed by atoms with Crippen LogP contribution in [0, 0.1) is 11.3 Å². The van der Waals surface area contributed by atoms with Crippen molar-refractivity contribution >= 4 is 22.6 Å². The number of nitrogens with one attached hydrogen (secondary N) is 1. The maximum atomic E-state index is 12.8. The molecule has 1 saturated carbocycles. The van der Waals surface area contributed by atoms with Gasteiger partial charge in [-0.25, -0.2) is 4.98 Å². The van der Waals surface area contributed by atoms with E-state index in [4.69, 9.17) is 0 Å². The van der Waals surface area contributed by atoms with Crippen LogP contribution in [-0.4, -0.2) is 59.4 Å². The Morgan fingerprint density at radius 2 is 2.04 bits per heavy atom. The lowest BCUT2D eigenvalue weighted by atomic mass is 9.91. The minimum Gasteiger partial charge on any atom is -0.343 e. The lowest BCUT2D eigenvalue weighted by molar-refractivity contribution is -0.133. The van der Waals surface area contributed by atoms with Crippen LogP contribution in [0.5, 0.6) is 0 Å². The average Bonchev–Trinajstić information content (AvgIpc) is 3.08. The lowest BCUT2D eigenvalue weighted by Crippen LogP contribution is -2.49. The molecule has 0 aromatic carbocycles. The highest BCUT2D eigenvalue weighted by molar-refractivity contribution is 7.09. The molecule has 1 atom stereocenters. The number of hydrogen-bond donors (Lipinski definition) is 1. The number of aromatic nitrogens is 2. The van der Waals surface area contributed by atoms with E-state index in [9.17, 15) is 4.79 Å². The van der Waals surface area contributed by atoms with Crippen LogP contribution in [0.15, 0.2) is 0 Å². The van der Waals surface area contributed by atoms with Crippen LogP contribution in [0.25, 0.3) is 0 Å². The van der Waals surface area contributed by atoms with Crippen molar-refractivity contribution in [3.05, 3.63) is 5.82 Å². The summed E-state index contributed by atoms with van der Waals surface area (Å²) in [5.41, 5.74) is 0.342. The molecule has 6 nitrogen and oxygen atoms in total. The van der Waals surface area contributed by atoms with Crippen molar-refractivity contribution < 1.29 is 4.79 Å². The van der Waals surface area contributed by atoms with Crippen LogP contribution in [0.3, 0.4) is 0 Å². The average molecular weight is 335 g/mol. The van der Waals surface area contributed by atoms with Gasteiger partial charge in [0.05, 0.1) is 0 Å². The van der Waals surface area contributed by atoms with Crippen molar-refractivity contribution in [3.8, 4) is 0 Å². The minimum absolute atomic E-state index is 0.296. The highest BCUT2D eigenvalue weighted by Gasteiger charge is 2.58. The summed E-state index contributed by atoms with van der Waals surface area (Å²) in [4.78, 5) is 21.7. The molecule has 23 heavy (non-hydrogen) atoms. The van der Waals surface area contributed by atoms with Gasteiger partial charge in [0.1, 0.15) is 5.82 Å². The summed E-state index contributed by atoms with van der Waals surface area (Å²) < 4.78 is 4.36. The number of anilines is 1. The third-order valence-electron chi connectivity index (χ3n) is 5.72. The quantitative estimate of drug-likeness (QED) is 0.897. The molecule has 1 N–H and O–H groups in total. The molecule has 4 rings (SSSR count). The highest BCUT2D eigenvalue weighted by Crippen LogP contribution is 2.59. The van der Waals surface area contributed by atoms with Gasteiger partial charge in [-0.2, -0.15) is 4.37 Å². The Labute approximate surface area is 141 Å². The number of rotatable bonds is 3. The second kappa shape index (κ2) is 6.02. The fourth-order valence-electron chi connectivity index (χ4n) is 4.03. The molecule has 1 aromatic rings. The third kappa shape index (κ3) is 2.85. The van der Waals surface area contributed by atoms with Crippen LogP contribution >= 0.6 is 11.5 Å². The van der Waals surface area contributed by atoms with Crippen LogP contribution in [-0.2, 0) is 11.2 Å². The number of amides is 1. The summed E-state index contributed by atoms with van der Waals surface area (Å²) in [5.74, 6) is 1.62. The summed E-state index contributed by atoms with van der Waals surface area (Å²) in [6, 6.07) is 0. The predicted octanol–water partition coefficient (Wildman–Crippen LogP) is 1.14. The molecule has 1 unspecified atom stereocenters. The van der Waals surface area contributed by atoms with E-state index in [1.807, 2.05) is 0 Å². The molecule has 1 aromatic heterocycles. The van der Waals surface area contributed by atoms with Crippen molar-refractivity contribution in [2.24, 2.45) is 11.3 Å². The molecule has 0 bridgehead atoms. The van der Waals surface area contributed by atoms with E-state index in [-0.39, 0.29) is 0 Å². The molecular formula is C16H25N5OS. The summed E-state index contributed by atoms with van der Waals surface area (Å²) >= 11 is 1.48. The number of aryl methyl sites for hydroxylation is 1. The predicted molar refractivity (Wildman–Crippen MR) is 90.7 cm³/mol. The molecule has 1 aliphatic carbocycles. The lowest BCUT2D eigenvalue weighted by Gasteiger charge is -2.35. The first-order valence-electron chi connectivity index (χ1n) is 8.79. The standard InChI is InChI=1S/C16H25N5OS/c1-2-13-18-15(23-19-13)21-9-7-20(8-10-21)14(22)12-11-16(12)3-5-17-6-4-16/h12,17H,2-11H2,1H3. The molecule has 2 saturated heterocycles. The van der Waals surface area contributed by atoms with Gasteiger partial charge in [-0.15, -0.1) is 0 Å². The number of piperazine rings is 1. The van der Waals surface area contributed by atoms with Crippen molar-refractivity contribution in [1.82, 2.24) is 19.6 Å². The van der Waals surface area contributed by atoms with E-state index in [0.717, 1.165) is 63.1 Å². The Hall–Kier alpha value is -1.21. The molecule has 1 amide bonds. The van der Waals surface area contributed by atoms with Crippen LogP contribution in [0.4, 0.5) is 5.13 Å². The van der Waals surface area contributed by atoms with Gasteiger partial charge in [0.15, 0.2) is 0 Å². The van der Waals surface area contributed by atoms with E-state index in [1.54, 1.807) is 0 Å². The van der Waals surface area contributed by atoms with Crippen LogP contribution < -0.4 is 10.2 Å². The maximum Gasteiger partial charge on any atom is 0.226 e. The topological polar surface area (TPSA) is 61.4 Å². The van der Waals surface area contributed by atoms with Gasteiger partial charge in [-0.3, -0.25) is 4.79 Å². The molecule has 3 heterocycles. The second-order valence-electron chi connectivity index (χ2n) is 7.03. The fraction of sp³-hybridized carbons (Fsp3) is 0.812. The zero-order valence-electron chi connectivity index (χ0n) is 13.8. The zero-order chi connectivity index (χ0) is 15.9. The summed E-state index contributed by atoms with van der Waals surface area (Å²) in [6.45, 7) is 7.64. The highest BCUT2D eigenvalue weighted by atomic mass is 32.1. The first kappa shape index (κ1) is 15.3. The zero-order valence-corrected chi connectivity index (χ0v) is 14.6. The number of hydrogen-bond acceptors (Lipinski definition) is 6. The van der Waals surface area contributed by atoms with Crippen molar-refractivity contribution in [2.75, 3.05) is 44.2 Å². The maximum absolute atomic E-state index is 12.8. The van der Waals surface area contributed by atoms with E-state index in [2.05, 4.69) is 31.4 Å². The number of piperidine rings is 1. The number of carbonyl (C=O) groups is 1. The SMILES string of the molecule is CCc1nsc(N2CCN(C(=O)C3CC34CCNCC4)CC2)n1. The first-order chi connectivity index (χ1) is 11.2. The van der Waals surface area contributed by atoms with E-state index >= 15 is 0 Å². The van der Waals surface area contributed by atoms with Crippen molar-refractivity contribution in [2.45, 2.75) is 32.6 Å². The molecule has 0 radical (unpaired) electrons. The summed E-state index contributed by atoms with van der Waals surface area (Å²) in [6.07, 6.45) is 4.35. The third-order valence-corrected chi connectivity index (χ3v) is 6.54. The Bertz CT molecular complexity index is 575. The van der Waals surface area contributed by atoms with Gasteiger partial charge < -0.3 is 15.1 Å².